The summed E-state index contributed by atoms with van der Waals surface area (Å²) < 4.78 is 5.85. The first kappa shape index (κ1) is 11.4. The van der Waals surface area contributed by atoms with Crippen LogP contribution in [0.15, 0.2) is 0 Å². The predicted molar refractivity (Wildman–Crippen MR) is 63.0 cm³/mol. The lowest BCUT2D eigenvalue weighted by Crippen LogP contribution is -2.31. The highest BCUT2D eigenvalue weighted by Crippen LogP contribution is 2.25. The highest BCUT2D eigenvalue weighted by Gasteiger charge is 2.16. The van der Waals surface area contributed by atoms with Crippen molar-refractivity contribution in [1.29, 1.82) is 0 Å². The molecule has 0 radical (unpaired) electrons. The molecule has 0 unspecified atom stereocenters. The summed E-state index contributed by atoms with van der Waals surface area (Å²) >= 11 is 0. The number of rotatable bonds is 6. The van der Waals surface area contributed by atoms with Gasteiger partial charge in [-0.15, -0.1) is 0 Å². The summed E-state index contributed by atoms with van der Waals surface area (Å²) in [6.07, 6.45) is 11.7. The molecule has 0 heterocycles. The van der Waals surface area contributed by atoms with Gasteiger partial charge in [0.1, 0.15) is 0 Å². The Morgan fingerprint density at radius 3 is 2.40 bits per heavy atom. The Balaban J connectivity index is 1.40. The summed E-state index contributed by atoms with van der Waals surface area (Å²) in [5, 5.41) is 3.50. The first-order valence-electron chi connectivity index (χ1n) is 6.77. The lowest BCUT2D eigenvalue weighted by Gasteiger charge is -2.26. The second-order valence-electron chi connectivity index (χ2n) is 5.13. The van der Waals surface area contributed by atoms with Gasteiger partial charge in [0, 0.05) is 6.54 Å². The van der Waals surface area contributed by atoms with Crippen molar-refractivity contribution < 1.29 is 4.74 Å². The quantitative estimate of drug-likeness (QED) is 0.682. The van der Waals surface area contributed by atoms with E-state index >= 15 is 0 Å². The SMILES string of the molecule is C1CCC(OCCNCC2CCC2)CC1. The summed E-state index contributed by atoms with van der Waals surface area (Å²) in [5.74, 6) is 0.972. The van der Waals surface area contributed by atoms with Crippen LogP contribution in [0.4, 0.5) is 0 Å². The largest absolute Gasteiger partial charge is 0.377 e. The zero-order valence-corrected chi connectivity index (χ0v) is 9.84. The molecule has 0 spiro atoms. The van der Waals surface area contributed by atoms with Crippen LogP contribution < -0.4 is 5.32 Å². The molecule has 2 saturated carbocycles. The third kappa shape index (κ3) is 4.12. The molecular weight excluding hydrogens is 186 g/mol. The van der Waals surface area contributed by atoms with E-state index in [-0.39, 0.29) is 0 Å². The maximum absolute atomic E-state index is 5.85. The fourth-order valence-electron chi connectivity index (χ4n) is 2.53. The second kappa shape index (κ2) is 6.49. The Kier molecular flexibility index (Phi) is 4.94. The molecular formula is C13H25NO. The molecule has 0 aromatic carbocycles. The van der Waals surface area contributed by atoms with Gasteiger partial charge in [-0.05, 0) is 38.1 Å². The minimum Gasteiger partial charge on any atom is -0.377 e. The monoisotopic (exact) mass is 211 g/mol. The van der Waals surface area contributed by atoms with Crippen molar-refractivity contribution >= 4 is 0 Å². The van der Waals surface area contributed by atoms with Crippen LogP contribution in [0.1, 0.15) is 51.4 Å². The van der Waals surface area contributed by atoms with Gasteiger partial charge in [0.15, 0.2) is 0 Å². The van der Waals surface area contributed by atoms with Gasteiger partial charge in [0.05, 0.1) is 12.7 Å². The predicted octanol–water partition coefficient (Wildman–Crippen LogP) is 2.73. The van der Waals surface area contributed by atoms with E-state index in [1.54, 1.807) is 0 Å². The molecule has 0 bridgehead atoms. The van der Waals surface area contributed by atoms with E-state index in [0.717, 1.165) is 19.1 Å². The smallest absolute Gasteiger partial charge is 0.0594 e. The summed E-state index contributed by atoms with van der Waals surface area (Å²) in [4.78, 5) is 0. The van der Waals surface area contributed by atoms with Crippen molar-refractivity contribution in [3.05, 3.63) is 0 Å². The van der Waals surface area contributed by atoms with E-state index in [9.17, 15) is 0 Å². The Hall–Kier alpha value is -0.0800. The molecule has 2 aliphatic carbocycles. The molecule has 2 heteroatoms. The molecule has 1 N–H and O–H groups in total. The van der Waals surface area contributed by atoms with Crippen LogP contribution in [0, 0.1) is 5.92 Å². The van der Waals surface area contributed by atoms with Gasteiger partial charge in [-0.25, -0.2) is 0 Å². The average molecular weight is 211 g/mol. The molecule has 2 rings (SSSR count). The van der Waals surface area contributed by atoms with E-state index < -0.39 is 0 Å². The molecule has 0 amide bonds. The molecule has 0 saturated heterocycles. The lowest BCUT2D eigenvalue weighted by atomic mass is 9.85. The van der Waals surface area contributed by atoms with Crippen molar-refractivity contribution in [3.63, 3.8) is 0 Å². The molecule has 0 aromatic rings. The molecule has 88 valence electrons. The van der Waals surface area contributed by atoms with Crippen molar-refractivity contribution in [2.24, 2.45) is 5.92 Å². The summed E-state index contributed by atoms with van der Waals surface area (Å²) in [6.45, 7) is 3.18. The molecule has 0 aliphatic heterocycles. The first-order valence-corrected chi connectivity index (χ1v) is 6.77. The average Bonchev–Trinajstić information content (AvgIpc) is 2.22. The normalized spacial score (nSPS) is 24.0. The topological polar surface area (TPSA) is 21.3 Å². The van der Waals surface area contributed by atoms with Crippen LogP contribution in [-0.2, 0) is 4.74 Å². The third-order valence-corrected chi connectivity index (χ3v) is 3.84. The highest BCUT2D eigenvalue weighted by molar-refractivity contribution is 4.71. The number of hydrogen-bond donors (Lipinski definition) is 1. The van der Waals surface area contributed by atoms with E-state index in [4.69, 9.17) is 4.74 Å². The Bertz CT molecular complexity index is 162. The van der Waals surface area contributed by atoms with Gasteiger partial charge in [-0.3, -0.25) is 0 Å². The molecule has 15 heavy (non-hydrogen) atoms. The van der Waals surface area contributed by atoms with E-state index in [0.29, 0.717) is 6.10 Å². The lowest BCUT2D eigenvalue weighted by molar-refractivity contribution is 0.0297. The van der Waals surface area contributed by atoms with Crippen molar-refractivity contribution in [2.75, 3.05) is 19.7 Å². The highest BCUT2D eigenvalue weighted by atomic mass is 16.5. The van der Waals surface area contributed by atoms with Gasteiger partial charge in [0.25, 0.3) is 0 Å². The van der Waals surface area contributed by atoms with Gasteiger partial charge in [-0.1, -0.05) is 25.7 Å². The van der Waals surface area contributed by atoms with Gasteiger partial charge in [-0.2, -0.15) is 0 Å². The second-order valence-corrected chi connectivity index (χ2v) is 5.13. The zero-order chi connectivity index (χ0) is 10.3. The van der Waals surface area contributed by atoms with Crippen LogP contribution in [-0.4, -0.2) is 25.8 Å². The number of hydrogen-bond acceptors (Lipinski definition) is 2. The Morgan fingerprint density at radius 2 is 1.73 bits per heavy atom. The fourth-order valence-corrected chi connectivity index (χ4v) is 2.53. The van der Waals surface area contributed by atoms with E-state index in [1.807, 2.05) is 0 Å². The summed E-state index contributed by atoms with van der Waals surface area (Å²) in [5.41, 5.74) is 0. The standard InChI is InChI=1S/C13H25NO/c1-2-7-13(8-3-1)15-10-9-14-11-12-5-4-6-12/h12-14H,1-11H2. The minimum atomic E-state index is 0.573. The minimum absolute atomic E-state index is 0.573. The maximum atomic E-state index is 5.85. The van der Waals surface area contributed by atoms with E-state index in [1.165, 1.54) is 57.9 Å². The molecule has 0 atom stereocenters. The van der Waals surface area contributed by atoms with Crippen molar-refractivity contribution in [2.45, 2.75) is 57.5 Å². The number of ether oxygens (including phenoxy) is 1. The van der Waals surface area contributed by atoms with Crippen LogP contribution in [0.5, 0.6) is 0 Å². The van der Waals surface area contributed by atoms with Crippen LogP contribution in [0.25, 0.3) is 0 Å². The fraction of sp³-hybridized carbons (Fsp3) is 1.00. The van der Waals surface area contributed by atoms with Crippen molar-refractivity contribution in [3.8, 4) is 0 Å². The van der Waals surface area contributed by atoms with Crippen LogP contribution in [0.2, 0.25) is 0 Å². The molecule has 2 aliphatic rings. The Morgan fingerprint density at radius 1 is 0.933 bits per heavy atom. The van der Waals surface area contributed by atoms with Gasteiger partial charge < -0.3 is 10.1 Å². The van der Waals surface area contributed by atoms with Gasteiger partial charge in [0.2, 0.25) is 0 Å². The third-order valence-electron chi connectivity index (χ3n) is 3.84. The van der Waals surface area contributed by atoms with Crippen LogP contribution >= 0.6 is 0 Å². The summed E-state index contributed by atoms with van der Waals surface area (Å²) in [6, 6.07) is 0. The molecule has 0 aromatic heterocycles. The first-order chi connectivity index (χ1) is 7.45. The van der Waals surface area contributed by atoms with Crippen molar-refractivity contribution in [1.82, 2.24) is 5.32 Å². The van der Waals surface area contributed by atoms with Gasteiger partial charge >= 0.3 is 0 Å². The number of nitrogens with one attached hydrogen (secondary N) is 1. The zero-order valence-electron chi connectivity index (χ0n) is 9.84. The Labute approximate surface area is 93.8 Å². The molecule has 2 nitrogen and oxygen atoms in total. The molecule has 2 fully saturated rings. The van der Waals surface area contributed by atoms with E-state index in [2.05, 4.69) is 5.32 Å². The maximum Gasteiger partial charge on any atom is 0.0594 e. The summed E-state index contributed by atoms with van der Waals surface area (Å²) in [7, 11) is 0. The van der Waals surface area contributed by atoms with Crippen LogP contribution in [0.3, 0.4) is 0 Å².